The second-order valence-corrected chi connectivity index (χ2v) is 6.59. The highest BCUT2D eigenvalue weighted by molar-refractivity contribution is 4.82. The lowest BCUT2D eigenvalue weighted by atomic mass is 9.98. The first-order valence-electron chi connectivity index (χ1n) is 7.44. The fourth-order valence-electron chi connectivity index (χ4n) is 2.15. The molecule has 19 heavy (non-hydrogen) atoms. The van der Waals surface area contributed by atoms with E-state index in [-0.39, 0.29) is 11.2 Å². The van der Waals surface area contributed by atoms with E-state index in [4.69, 9.17) is 18.9 Å². The average Bonchev–Trinajstić information content (AvgIpc) is 3.20. The summed E-state index contributed by atoms with van der Waals surface area (Å²) in [4.78, 5) is 0. The molecule has 0 spiro atoms. The summed E-state index contributed by atoms with van der Waals surface area (Å²) >= 11 is 0. The lowest BCUT2D eigenvalue weighted by molar-refractivity contribution is -0.0874. The molecule has 2 fully saturated rings. The fraction of sp³-hybridized carbons (Fsp3) is 1.00. The quantitative estimate of drug-likeness (QED) is 0.573. The number of ether oxygens (including phenoxy) is 4. The molecule has 3 atom stereocenters. The van der Waals surface area contributed by atoms with Crippen LogP contribution in [-0.4, -0.2) is 49.8 Å². The number of hydrogen-bond acceptors (Lipinski definition) is 4. The molecule has 0 aliphatic carbocycles. The van der Waals surface area contributed by atoms with E-state index >= 15 is 0 Å². The predicted molar refractivity (Wildman–Crippen MR) is 73.4 cm³/mol. The van der Waals surface area contributed by atoms with E-state index in [1.165, 1.54) is 0 Å². The van der Waals surface area contributed by atoms with Crippen molar-refractivity contribution in [3.8, 4) is 0 Å². The van der Waals surface area contributed by atoms with Crippen LogP contribution in [0.25, 0.3) is 0 Å². The van der Waals surface area contributed by atoms with Crippen LogP contribution in [0, 0.1) is 0 Å². The van der Waals surface area contributed by atoms with Gasteiger partial charge >= 0.3 is 0 Å². The zero-order chi connectivity index (χ0) is 13.9. The number of epoxide rings is 2. The Hall–Kier alpha value is -0.160. The first-order valence-corrected chi connectivity index (χ1v) is 7.44. The van der Waals surface area contributed by atoms with E-state index in [1.54, 1.807) is 0 Å². The summed E-state index contributed by atoms with van der Waals surface area (Å²) in [6, 6.07) is 0. The van der Waals surface area contributed by atoms with Gasteiger partial charge in [-0.05, 0) is 33.6 Å². The number of rotatable bonds is 10. The standard InChI is InChI=1S/C15H28O4/c1-5-15(4,19-11-13-10-17-13)6-7-18-14(2,3)8-12-9-16-12/h12-13H,5-11H2,1-4H3. The van der Waals surface area contributed by atoms with E-state index in [0.29, 0.717) is 18.8 Å². The predicted octanol–water partition coefficient (Wildman–Crippen LogP) is 2.54. The molecule has 2 aliphatic rings. The van der Waals surface area contributed by atoms with Crippen molar-refractivity contribution >= 4 is 0 Å². The van der Waals surface area contributed by atoms with Crippen molar-refractivity contribution in [2.24, 2.45) is 0 Å². The summed E-state index contributed by atoms with van der Waals surface area (Å²) in [6.45, 7) is 11.8. The van der Waals surface area contributed by atoms with Crippen molar-refractivity contribution in [1.82, 2.24) is 0 Å². The third-order valence-corrected chi connectivity index (χ3v) is 4.01. The smallest absolute Gasteiger partial charge is 0.104 e. The molecule has 0 aromatic heterocycles. The third-order valence-electron chi connectivity index (χ3n) is 4.01. The largest absolute Gasteiger partial charge is 0.375 e. The van der Waals surface area contributed by atoms with Gasteiger partial charge in [0.25, 0.3) is 0 Å². The molecule has 0 aromatic carbocycles. The van der Waals surface area contributed by atoms with E-state index in [0.717, 1.165) is 39.1 Å². The molecule has 112 valence electrons. The zero-order valence-corrected chi connectivity index (χ0v) is 12.7. The lowest BCUT2D eigenvalue weighted by Gasteiger charge is -2.31. The molecule has 0 N–H and O–H groups in total. The Morgan fingerprint density at radius 1 is 1.05 bits per heavy atom. The van der Waals surface area contributed by atoms with Crippen LogP contribution in [-0.2, 0) is 18.9 Å². The topological polar surface area (TPSA) is 43.5 Å². The maximum Gasteiger partial charge on any atom is 0.104 e. The van der Waals surface area contributed by atoms with Gasteiger partial charge in [-0.1, -0.05) is 6.92 Å². The van der Waals surface area contributed by atoms with Gasteiger partial charge in [0, 0.05) is 6.42 Å². The highest BCUT2D eigenvalue weighted by Crippen LogP contribution is 2.27. The van der Waals surface area contributed by atoms with Crippen molar-refractivity contribution in [2.45, 2.75) is 70.4 Å². The molecular weight excluding hydrogens is 244 g/mol. The Labute approximate surface area is 116 Å². The molecule has 0 bridgehead atoms. The first-order chi connectivity index (χ1) is 8.92. The minimum absolute atomic E-state index is 0.0991. The van der Waals surface area contributed by atoms with E-state index < -0.39 is 0 Å². The highest BCUT2D eigenvalue weighted by atomic mass is 16.6. The summed E-state index contributed by atoms with van der Waals surface area (Å²) < 4.78 is 22.4. The van der Waals surface area contributed by atoms with Crippen LogP contribution in [0.4, 0.5) is 0 Å². The van der Waals surface area contributed by atoms with Gasteiger partial charge in [-0.3, -0.25) is 0 Å². The SMILES string of the molecule is CCC(C)(CCOC(C)(C)CC1CO1)OCC1CO1. The van der Waals surface area contributed by atoms with Crippen molar-refractivity contribution in [1.29, 1.82) is 0 Å². The Morgan fingerprint density at radius 3 is 2.21 bits per heavy atom. The maximum atomic E-state index is 6.01. The Balaban J connectivity index is 1.65. The second-order valence-electron chi connectivity index (χ2n) is 6.59. The van der Waals surface area contributed by atoms with Crippen molar-refractivity contribution in [3.05, 3.63) is 0 Å². The molecule has 2 aliphatic heterocycles. The molecule has 2 rings (SSSR count). The van der Waals surface area contributed by atoms with Crippen LogP contribution in [0.5, 0.6) is 0 Å². The monoisotopic (exact) mass is 272 g/mol. The van der Waals surface area contributed by atoms with Gasteiger partial charge in [-0.2, -0.15) is 0 Å². The number of hydrogen-bond donors (Lipinski definition) is 0. The molecule has 0 saturated carbocycles. The molecule has 0 aromatic rings. The van der Waals surface area contributed by atoms with Gasteiger partial charge < -0.3 is 18.9 Å². The fourth-order valence-corrected chi connectivity index (χ4v) is 2.15. The average molecular weight is 272 g/mol. The van der Waals surface area contributed by atoms with Gasteiger partial charge in [0.15, 0.2) is 0 Å². The van der Waals surface area contributed by atoms with Gasteiger partial charge in [-0.15, -0.1) is 0 Å². The summed E-state index contributed by atoms with van der Waals surface area (Å²) in [5.74, 6) is 0. The van der Waals surface area contributed by atoms with Crippen molar-refractivity contribution in [3.63, 3.8) is 0 Å². The second kappa shape index (κ2) is 6.08. The molecule has 4 nitrogen and oxygen atoms in total. The normalized spacial score (nSPS) is 29.1. The van der Waals surface area contributed by atoms with Crippen LogP contribution < -0.4 is 0 Å². The van der Waals surface area contributed by atoms with Crippen LogP contribution in [0.3, 0.4) is 0 Å². The zero-order valence-electron chi connectivity index (χ0n) is 12.7. The lowest BCUT2D eigenvalue weighted by Crippen LogP contribution is -2.34. The van der Waals surface area contributed by atoms with E-state index in [9.17, 15) is 0 Å². The molecule has 0 amide bonds. The third kappa shape index (κ3) is 5.78. The summed E-state index contributed by atoms with van der Waals surface area (Å²) in [7, 11) is 0. The maximum absolute atomic E-state index is 6.01. The Morgan fingerprint density at radius 2 is 1.68 bits per heavy atom. The molecular formula is C15H28O4. The summed E-state index contributed by atoms with van der Waals surface area (Å²) in [5, 5.41) is 0. The minimum Gasteiger partial charge on any atom is -0.375 e. The molecule has 2 heterocycles. The van der Waals surface area contributed by atoms with Gasteiger partial charge in [0.05, 0.1) is 43.7 Å². The van der Waals surface area contributed by atoms with Crippen LogP contribution in [0.2, 0.25) is 0 Å². The summed E-state index contributed by atoms with van der Waals surface area (Å²) in [5.41, 5.74) is -0.201. The van der Waals surface area contributed by atoms with Gasteiger partial charge in [-0.25, -0.2) is 0 Å². The molecule has 2 saturated heterocycles. The highest BCUT2D eigenvalue weighted by Gasteiger charge is 2.33. The molecule has 3 unspecified atom stereocenters. The van der Waals surface area contributed by atoms with Crippen molar-refractivity contribution < 1.29 is 18.9 Å². The van der Waals surface area contributed by atoms with Gasteiger partial charge in [0.1, 0.15) is 6.10 Å². The first kappa shape index (κ1) is 15.2. The van der Waals surface area contributed by atoms with Crippen LogP contribution in [0.1, 0.15) is 47.0 Å². The summed E-state index contributed by atoms with van der Waals surface area (Å²) in [6.07, 6.45) is 3.64. The Bertz CT molecular complexity index is 284. The van der Waals surface area contributed by atoms with Crippen LogP contribution in [0.15, 0.2) is 0 Å². The van der Waals surface area contributed by atoms with E-state index in [2.05, 4.69) is 27.7 Å². The molecule has 0 radical (unpaired) electrons. The van der Waals surface area contributed by atoms with Crippen LogP contribution >= 0.6 is 0 Å². The Kier molecular flexibility index (Phi) is 4.88. The van der Waals surface area contributed by atoms with E-state index in [1.807, 2.05) is 0 Å². The van der Waals surface area contributed by atoms with Crippen molar-refractivity contribution in [2.75, 3.05) is 26.4 Å². The minimum atomic E-state index is -0.102. The van der Waals surface area contributed by atoms with Gasteiger partial charge in [0.2, 0.25) is 0 Å². The molecule has 4 heteroatoms.